The highest BCUT2D eigenvalue weighted by Gasteiger charge is 2.16. The summed E-state index contributed by atoms with van der Waals surface area (Å²) in [6.07, 6.45) is 3.33. The van der Waals surface area contributed by atoms with E-state index in [4.69, 9.17) is 21.4 Å². The summed E-state index contributed by atoms with van der Waals surface area (Å²) in [7, 11) is 0. The molecule has 0 radical (unpaired) electrons. The Morgan fingerprint density at radius 3 is 2.96 bits per heavy atom. The Balaban J connectivity index is 1.69. The third kappa shape index (κ3) is 4.19. The van der Waals surface area contributed by atoms with Crippen LogP contribution >= 0.6 is 12.2 Å². The number of hydrogen-bond acceptors (Lipinski definition) is 4. The van der Waals surface area contributed by atoms with Gasteiger partial charge in [0.1, 0.15) is 11.3 Å². The van der Waals surface area contributed by atoms with E-state index < -0.39 is 0 Å². The second-order valence-electron chi connectivity index (χ2n) is 6.42. The van der Waals surface area contributed by atoms with E-state index in [1.807, 2.05) is 13.0 Å². The summed E-state index contributed by atoms with van der Waals surface area (Å²) in [5.74, 6) is 0.817. The summed E-state index contributed by atoms with van der Waals surface area (Å²) in [4.78, 5) is 0. The van der Waals surface area contributed by atoms with Gasteiger partial charge in [-0.1, -0.05) is 18.6 Å². The Hall–Kier alpha value is -1.92. The summed E-state index contributed by atoms with van der Waals surface area (Å²) in [6.45, 7) is 7.70. The number of benzene rings is 1. The molecule has 0 spiro atoms. The fourth-order valence-electron chi connectivity index (χ4n) is 3.14. The highest BCUT2D eigenvalue weighted by molar-refractivity contribution is 7.80. The van der Waals surface area contributed by atoms with Crippen LogP contribution in [0.2, 0.25) is 0 Å². The van der Waals surface area contributed by atoms with Gasteiger partial charge in [0.05, 0.1) is 6.10 Å². The van der Waals surface area contributed by atoms with Crippen molar-refractivity contribution in [1.82, 2.24) is 10.7 Å². The largest absolute Gasteiger partial charge is 0.454 e. The van der Waals surface area contributed by atoms with Crippen LogP contribution in [0.25, 0.3) is 11.0 Å². The number of nitrogens with zero attached hydrogens (tertiary/aromatic N) is 1. The first-order chi connectivity index (χ1) is 12.1. The molecule has 0 bridgehead atoms. The first-order valence-corrected chi connectivity index (χ1v) is 9.21. The van der Waals surface area contributed by atoms with Gasteiger partial charge in [0, 0.05) is 24.1 Å². The van der Waals surface area contributed by atoms with Gasteiger partial charge in [-0.3, -0.25) is 5.43 Å². The van der Waals surface area contributed by atoms with Crippen molar-refractivity contribution in [2.45, 2.75) is 46.1 Å². The topological polar surface area (TPSA) is 58.8 Å². The molecule has 0 unspecified atom stereocenters. The predicted molar refractivity (Wildman–Crippen MR) is 105 cm³/mol. The van der Waals surface area contributed by atoms with Gasteiger partial charge >= 0.3 is 0 Å². The minimum Gasteiger partial charge on any atom is -0.454 e. The zero-order chi connectivity index (χ0) is 17.8. The minimum absolute atomic E-state index is 0.245. The second-order valence-corrected chi connectivity index (χ2v) is 6.83. The number of hydrazone groups is 1. The highest BCUT2D eigenvalue weighted by atomic mass is 32.1. The predicted octanol–water partition coefficient (Wildman–Crippen LogP) is 3.67. The zero-order valence-electron chi connectivity index (χ0n) is 15.0. The molecule has 1 fully saturated rings. The molecule has 0 saturated carbocycles. The molecule has 2 aromatic rings. The van der Waals surface area contributed by atoms with E-state index in [1.54, 1.807) is 0 Å². The van der Waals surface area contributed by atoms with Crippen molar-refractivity contribution >= 4 is 34.0 Å². The van der Waals surface area contributed by atoms with Crippen LogP contribution in [0, 0.1) is 6.92 Å². The first-order valence-electron chi connectivity index (χ1n) is 8.80. The third-order valence-electron chi connectivity index (χ3n) is 4.47. The number of furan rings is 1. The van der Waals surface area contributed by atoms with Crippen LogP contribution in [0.3, 0.4) is 0 Å². The van der Waals surface area contributed by atoms with E-state index >= 15 is 0 Å². The van der Waals surface area contributed by atoms with Crippen molar-refractivity contribution in [1.29, 1.82) is 0 Å². The van der Waals surface area contributed by atoms with Crippen LogP contribution in [-0.4, -0.2) is 30.1 Å². The number of nitrogens with one attached hydrogen (secondary N) is 2. The van der Waals surface area contributed by atoms with Crippen molar-refractivity contribution in [2.24, 2.45) is 5.10 Å². The Morgan fingerprint density at radius 2 is 2.24 bits per heavy atom. The highest BCUT2D eigenvalue weighted by Crippen LogP contribution is 2.27. The molecular formula is C19H25N3O2S. The summed E-state index contributed by atoms with van der Waals surface area (Å²) < 4.78 is 11.6. The van der Waals surface area contributed by atoms with Crippen LogP contribution < -0.4 is 10.7 Å². The van der Waals surface area contributed by atoms with Crippen molar-refractivity contribution in [3.05, 3.63) is 35.1 Å². The van der Waals surface area contributed by atoms with Crippen LogP contribution in [0.15, 0.2) is 27.7 Å². The van der Waals surface area contributed by atoms with Crippen LogP contribution in [0.4, 0.5) is 0 Å². The lowest BCUT2D eigenvalue weighted by molar-refractivity contribution is 0.114. The molecule has 1 atom stereocenters. The van der Waals surface area contributed by atoms with E-state index in [0.717, 1.165) is 48.3 Å². The number of ether oxygens (including phenoxy) is 1. The quantitative estimate of drug-likeness (QED) is 0.485. The van der Waals surface area contributed by atoms with Gasteiger partial charge in [-0.15, -0.1) is 0 Å². The molecule has 2 N–H and O–H groups in total. The number of aryl methyl sites for hydroxylation is 2. The lowest BCUT2D eigenvalue weighted by Crippen LogP contribution is -2.37. The number of thiocarbonyl (C=S) groups is 1. The molecule has 1 aromatic heterocycles. The normalized spacial score (nSPS) is 17.9. The third-order valence-corrected chi connectivity index (χ3v) is 4.70. The summed E-state index contributed by atoms with van der Waals surface area (Å²) in [5, 5.41) is 9.20. The Kier molecular flexibility index (Phi) is 5.71. The fourth-order valence-corrected chi connectivity index (χ4v) is 3.27. The number of hydrogen-bond donors (Lipinski definition) is 2. The van der Waals surface area contributed by atoms with Gasteiger partial charge in [0.15, 0.2) is 10.9 Å². The van der Waals surface area contributed by atoms with Crippen molar-refractivity contribution in [3.63, 3.8) is 0 Å². The molecule has 1 saturated heterocycles. The summed E-state index contributed by atoms with van der Waals surface area (Å²) in [6, 6.07) is 6.24. The standard InChI is InChI=1S/C19H25N3O2S/c1-4-15-16-10-12(2)7-8-17(16)24-18(15)13(3)21-22-19(25)20-11-14-6-5-9-23-14/h7-8,10,14H,4-6,9,11H2,1-3H3,(H2,20,22,25)/b21-13-/t14-/m0/s1. The van der Waals surface area contributed by atoms with Crippen LogP contribution in [0.5, 0.6) is 0 Å². The molecule has 6 heteroatoms. The van der Waals surface area contributed by atoms with Crippen molar-refractivity contribution < 1.29 is 9.15 Å². The maximum atomic E-state index is 6.03. The number of fused-ring (bicyclic) bond motifs is 1. The maximum absolute atomic E-state index is 6.03. The molecule has 25 heavy (non-hydrogen) atoms. The maximum Gasteiger partial charge on any atom is 0.187 e. The molecule has 5 nitrogen and oxygen atoms in total. The van der Waals surface area contributed by atoms with Crippen LogP contribution in [-0.2, 0) is 11.2 Å². The van der Waals surface area contributed by atoms with Gasteiger partial charge in [0.25, 0.3) is 0 Å². The van der Waals surface area contributed by atoms with E-state index in [2.05, 4.69) is 41.8 Å². The van der Waals surface area contributed by atoms with Gasteiger partial charge in [-0.25, -0.2) is 0 Å². The Labute approximate surface area is 153 Å². The van der Waals surface area contributed by atoms with Gasteiger partial charge in [-0.2, -0.15) is 5.10 Å². The average molecular weight is 359 g/mol. The van der Waals surface area contributed by atoms with Gasteiger partial charge in [-0.05, 0) is 57.5 Å². The summed E-state index contributed by atoms with van der Waals surface area (Å²) in [5.41, 5.74) is 6.99. The molecule has 0 aliphatic carbocycles. The average Bonchev–Trinajstić information content (AvgIpc) is 3.24. The molecule has 3 rings (SSSR count). The summed E-state index contributed by atoms with van der Waals surface area (Å²) >= 11 is 5.28. The smallest absolute Gasteiger partial charge is 0.187 e. The Bertz CT molecular complexity index is 791. The molecule has 1 aliphatic heterocycles. The molecule has 0 amide bonds. The van der Waals surface area contributed by atoms with E-state index in [9.17, 15) is 0 Å². The lowest BCUT2D eigenvalue weighted by Gasteiger charge is -2.12. The zero-order valence-corrected chi connectivity index (χ0v) is 15.8. The molecule has 1 aliphatic rings. The monoisotopic (exact) mass is 359 g/mol. The minimum atomic E-state index is 0.245. The van der Waals surface area contributed by atoms with Gasteiger partial charge in [0.2, 0.25) is 0 Å². The van der Waals surface area contributed by atoms with Crippen molar-refractivity contribution in [2.75, 3.05) is 13.2 Å². The van der Waals surface area contributed by atoms with Crippen LogP contribution in [0.1, 0.15) is 43.6 Å². The Morgan fingerprint density at radius 1 is 1.40 bits per heavy atom. The lowest BCUT2D eigenvalue weighted by atomic mass is 10.0. The second kappa shape index (κ2) is 7.97. The SMILES string of the molecule is CCc1c(/C(C)=N\NC(=S)NC[C@@H]2CCCO2)oc2ccc(C)cc12. The van der Waals surface area contributed by atoms with Crippen molar-refractivity contribution in [3.8, 4) is 0 Å². The van der Waals surface area contributed by atoms with E-state index in [1.165, 1.54) is 11.1 Å². The first kappa shape index (κ1) is 17.9. The molecule has 1 aromatic carbocycles. The fraction of sp³-hybridized carbons (Fsp3) is 0.474. The molecular weight excluding hydrogens is 334 g/mol. The van der Waals surface area contributed by atoms with E-state index in [-0.39, 0.29) is 6.10 Å². The number of rotatable bonds is 5. The van der Waals surface area contributed by atoms with Gasteiger partial charge < -0.3 is 14.5 Å². The molecule has 2 heterocycles. The van der Waals surface area contributed by atoms with E-state index in [0.29, 0.717) is 11.7 Å². The molecule has 134 valence electrons.